The van der Waals surface area contributed by atoms with Crippen LogP contribution in [0.5, 0.6) is 5.88 Å². The van der Waals surface area contributed by atoms with Gasteiger partial charge in [0, 0.05) is 56.1 Å². The first-order chi connectivity index (χ1) is 16.6. The summed E-state index contributed by atoms with van der Waals surface area (Å²) >= 11 is 0. The van der Waals surface area contributed by atoms with E-state index in [1.807, 2.05) is 36.5 Å². The summed E-state index contributed by atoms with van der Waals surface area (Å²) in [6.07, 6.45) is 11.9. The molecule has 5 rings (SSSR count). The van der Waals surface area contributed by atoms with Crippen molar-refractivity contribution in [2.24, 2.45) is 7.05 Å². The van der Waals surface area contributed by atoms with Crippen molar-refractivity contribution in [3.05, 3.63) is 66.9 Å². The van der Waals surface area contributed by atoms with Gasteiger partial charge in [-0.05, 0) is 61.9 Å². The Bertz CT molecular complexity index is 1240. The van der Waals surface area contributed by atoms with Gasteiger partial charge in [-0.1, -0.05) is 12.1 Å². The highest BCUT2D eigenvalue weighted by Crippen LogP contribution is 2.25. The van der Waals surface area contributed by atoms with Gasteiger partial charge in [0.25, 0.3) is 0 Å². The van der Waals surface area contributed by atoms with Crippen LogP contribution < -0.4 is 10.1 Å². The Morgan fingerprint density at radius 3 is 2.71 bits per heavy atom. The maximum absolute atomic E-state index is 6.14. The molecule has 7 nitrogen and oxygen atoms in total. The summed E-state index contributed by atoms with van der Waals surface area (Å²) in [7, 11) is 4.18. The van der Waals surface area contributed by atoms with Gasteiger partial charge in [0.05, 0.1) is 18.2 Å². The van der Waals surface area contributed by atoms with Crippen LogP contribution in [0.3, 0.4) is 0 Å². The van der Waals surface area contributed by atoms with Crippen LogP contribution >= 0.6 is 0 Å². The van der Waals surface area contributed by atoms with Crippen LogP contribution in [0.15, 0.2) is 61.3 Å². The fraction of sp³-hybridized carbons (Fsp3) is 0.370. The number of aryl methyl sites for hydroxylation is 2. The number of fused-ring (bicyclic) bond motifs is 1. The molecule has 176 valence electrons. The molecule has 1 aromatic carbocycles. The quantitative estimate of drug-likeness (QED) is 0.393. The Labute approximate surface area is 200 Å². The molecular weight excluding hydrogens is 424 g/mol. The van der Waals surface area contributed by atoms with Crippen LogP contribution in [-0.4, -0.2) is 57.2 Å². The van der Waals surface area contributed by atoms with Crippen LogP contribution in [0.4, 0.5) is 5.82 Å². The van der Waals surface area contributed by atoms with Gasteiger partial charge in [-0.25, -0.2) is 15.0 Å². The Hall–Kier alpha value is -3.45. The molecule has 7 heteroatoms. The van der Waals surface area contributed by atoms with E-state index >= 15 is 0 Å². The standard InChI is InChI=1S/C27H32N6O/c1-32-12-8-24(9-13-32)34-27-14-20(7-11-30-27)4-3-10-29-26-16-23-15-21(5-6-22(23)17-31-26)25-18-28-19-33(25)2/h5-7,11,14-19,24H,3-4,8-10,12-13H2,1-2H3,(H,29,31). The van der Waals surface area contributed by atoms with Crippen molar-refractivity contribution in [2.45, 2.75) is 31.8 Å². The molecule has 0 aliphatic carbocycles. The van der Waals surface area contributed by atoms with Gasteiger partial charge >= 0.3 is 0 Å². The van der Waals surface area contributed by atoms with Crippen LogP contribution in [0.1, 0.15) is 24.8 Å². The molecule has 4 heterocycles. The zero-order valence-corrected chi connectivity index (χ0v) is 19.9. The van der Waals surface area contributed by atoms with Gasteiger partial charge in [0.1, 0.15) is 11.9 Å². The molecule has 1 fully saturated rings. The number of imidazole rings is 1. The molecule has 0 amide bonds. The maximum atomic E-state index is 6.14. The lowest BCUT2D eigenvalue weighted by Gasteiger charge is -2.28. The summed E-state index contributed by atoms with van der Waals surface area (Å²) in [5.74, 6) is 1.65. The van der Waals surface area contributed by atoms with E-state index in [0.29, 0.717) is 0 Å². The normalized spacial score (nSPS) is 15.0. The second-order valence-electron chi connectivity index (χ2n) is 9.17. The molecule has 1 aliphatic rings. The number of pyridine rings is 2. The third kappa shape index (κ3) is 5.37. The van der Waals surface area contributed by atoms with Crippen molar-refractivity contribution in [1.82, 2.24) is 24.4 Å². The fourth-order valence-corrected chi connectivity index (χ4v) is 4.49. The zero-order chi connectivity index (χ0) is 23.3. The molecule has 0 bridgehead atoms. The van der Waals surface area contributed by atoms with Crippen molar-refractivity contribution >= 4 is 16.6 Å². The zero-order valence-electron chi connectivity index (χ0n) is 19.9. The molecule has 0 radical (unpaired) electrons. The van der Waals surface area contributed by atoms with Gasteiger partial charge in [-0.15, -0.1) is 0 Å². The van der Waals surface area contributed by atoms with E-state index < -0.39 is 0 Å². The molecule has 3 aromatic heterocycles. The number of nitrogens with zero attached hydrogens (tertiary/aromatic N) is 5. The predicted molar refractivity (Wildman–Crippen MR) is 136 cm³/mol. The maximum Gasteiger partial charge on any atom is 0.213 e. The van der Waals surface area contributed by atoms with Gasteiger partial charge in [0.15, 0.2) is 0 Å². The molecular formula is C27H32N6O. The molecule has 1 N–H and O–H groups in total. The second-order valence-corrected chi connectivity index (χ2v) is 9.17. The Kier molecular flexibility index (Phi) is 6.72. The minimum absolute atomic E-state index is 0.276. The monoisotopic (exact) mass is 456 g/mol. The van der Waals surface area contributed by atoms with Crippen molar-refractivity contribution in [3.8, 4) is 17.1 Å². The number of hydrogen-bond donors (Lipinski definition) is 1. The lowest BCUT2D eigenvalue weighted by atomic mass is 10.1. The SMILES string of the molecule is CN1CCC(Oc2cc(CCCNc3cc4cc(-c5cncn5C)ccc4cn3)ccn2)CC1. The number of nitrogens with one attached hydrogen (secondary N) is 1. The van der Waals surface area contributed by atoms with E-state index in [1.54, 1.807) is 0 Å². The van der Waals surface area contributed by atoms with Crippen LogP contribution in [0.2, 0.25) is 0 Å². The Morgan fingerprint density at radius 2 is 1.88 bits per heavy atom. The number of likely N-dealkylation sites (tertiary alicyclic amines) is 1. The summed E-state index contributed by atoms with van der Waals surface area (Å²) in [5.41, 5.74) is 3.51. The van der Waals surface area contributed by atoms with Crippen molar-refractivity contribution in [2.75, 3.05) is 32.0 Å². The van der Waals surface area contributed by atoms with E-state index in [0.717, 1.165) is 73.7 Å². The molecule has 1 saturated heterocycles. The average Bonchev–Trinajstić information content (AvgIpc) is 3.29. The lowest BCUT2D eigenvalue weighted by molar-refractivity contribution is 0.110. The summed E-state index contributed by atoms with van der Waals surface area (Å²) in [6.45, 7) is 3.03. The summed E-state index contributed by atoms with van der Waals surface area (Å²) in [6, 6.07) is 12.7. The van der Waals surface area contributed by atoms with Gasteiger partial charge in [-0.3, -0.25) is 0 Å². The van der Waals surface area contributed by atoms with E-state index in [9.17, 15) is 0 Å². The first kappa shape index (κ1) is 22.3. The highest BCUT2D eigenvalue weighted by atomic mass is 16.5. The highest BCUT2D eigenvalue weighted by Gasteiger charge is 2.18. The first-order valence-electron chi connectivity index (χ1n) is 12.0. The van der Waals surface area contributed by atoms with Crippen LogP contribution in [-0.2, 0) is 13.5 Å². The van der Waals surface area contributed by atoms with E-state index in [-0.39, 0.29) is 6.10 Å². The molecule has 0 unspecified atom stereocenters. The number of piperidine rings is 1. The van der Waals surface area contributed by atoms with E-state index in [4.69, 9.17) is 4.74 Å². The largest absolute Gasteiger partial charge is 0.474 e. The number of aromatic nitrogens is 4. The summed E-state index contributed by atoms with van der Waals surface area (Å²) in [5, 5.41) is 5.77. The second kappa shape index (κ2) is 10.2. The first-order valence-corrected chi connectivity index (χ1v) is 12.0. The molecule has 0 spiro atoms. The topological polar surface area (TPSA) is 68.1 Å². The van der Waals surface area contributed by atoms with Gasteiger partial charge in [0.2, 0.25) is 5.88 Å². The predicted octanol–water partition coefficient (Wildman–Crippen LogP) is 4.55. The minimum atomic E-state index is 0.276. The van der Waals surface area contributed by atoms with E-state index in [2.05, 4.69) is 68.6 Å². The average molecular weight is 457 g/mol. The Balaban J connectivity index is 1.15. The van der Waals surface area contributed by atoms with Crippen molar-refractivity contribution in [3.63, 3.8) is 0 Å². The minimum Gasteiger partial charge on any atom is -0.474 e. The number of anilines is 1. The fourth-order valence-electron chi connectivity index (χ4n) is 4.49. The Morgan fingerprint density at radius 1 is 1.00 bits per heavy atom. The lowest BCUT2D eigenvalue weighted by Crippen LogP contribution is -2.35. The third-order valence-electron chi connectivity index (χ3n) is 6.53. The number of benzene rings is 1. The molecule has 34 heavy (non-hydrogen) atoms. The number of ether oxygens (including phenoxy) is 1. The summed E-state index contributed by atoms with van der Waals surface area (Å²) < 4.78 is 8.17. The van der Waals surface area contributed by atoms with Crippen LogP contribution in [0.25, 0.3) is 22.0 Å². The van der Waals surface area contributed by atoms with Crippen LogP contribution in [0, 0.1) is 0 Å². The summed E-state index contributed by atoms with van der Waals surface area (Å²) in [4.78, 5) is 15.6. The van der Waals surface area contributed by atoms with Gasteiger partial charge < -0.3 is 19.5 Å². The highest BCUT2D eigenvalue weighted by molar-refractivity contribution is 5.88. The molecule has 4 aromatic rings. The smallest absolute Gasteiger partial charge is 0.213 e. The number of rotatable bonds is 8. The third-order valence-corrected chi connectivity index (χ3v) is 6.53. The van der Waals surface area contributed by atoms with Gasteiger partial charge in [-0.2, -0.15) is 0 Å². The molecule has 0 atom stereocenters. The number of hydrogen-bond acceptors (Lipinski definition) is 6. The van der Waals surface area contributed by atoms with Crippen molar-refractivity contribution < 1.29 is 4.74 Å². The molecule has 1 aliphatic heterocycles. The van der Waals surface area contributed by atoms with E-state index in [1.165, 1.54) is 10.9 Å². The molecule has 0 saturated carbocycles. The van der Waals surface area contributed by atoms with Crippen molar-refractivity contribution in [1.29, 1.82) is 0 Å².